The summed E-state index contributed by atoms with van der Waals surface area (Å²) in [6, 6.07) is 18.8. The van der Waals surface area contributed by atoms with Crippen molar-refractivity contribution in [2.24, 2.45) is 0 Å². The van der Waals surface area contributed by atoms with Crippen LogP contribution in [-0.4, -0.2) is 25.8 Å². The zero-order chi connectivity index (χ0) is 14.4. The van der Waals surface area contributed by atoms with E-state index >= 15 is 0 Å². The fraction of sp³-hybridized carbons (Fsp3) is 0.222. The Morgan fingerprint density at radius 3 is 2.10 bits per heavy atom. The highest BCUT2D eigenvalue weighted by Gasteiger charge is 2.05. The second kappa shape index (κ2) is 6.92. The lowest BCUT2D eigenvalue weighted by Crippen LogP contribution is -2.08. The molecule has 2 aromatic rings. The van der Waals surface area contributed by atoms with Gasteiger partial charge < -0.3 is 10.0 Å². The van der Waals surface area contributed by atoms with Crippen LogP contribution in [0.5, 0.6) is 0 Å². The number of benzene rings is 2. The maximum Gasteiger partial charge on any atom is 0.0465 e. The topological polar surface area (TPSA) is 23.5 Å². The van der Waals surface area contributed by atoms with Crippen molar-refractivity contribution in [3.05, 3.63) is 71.8 Å². The van der Waals surface area contributed by atoms with E-state index in [1.54, 1.807) is 0 Å². The minimum Gasteiger partial charge on any atom is -0.396 e. The van der Waals surface area contributed by atoms with Crippen LogP contribution in [0.25, 0.3) is 5.57 Å². The first-order valence-electron chi connectivity index (χ1n) is 6.86. The van der Waals surface area contributed by atoms with Crippen LogP contribution in [0.1, 0.15) is 17.5 Å². The second-order valence-electron chi connectivity index (χ2n) is 4.94. The van der Waals surface area contributed by atoms with Gasteiger partial charge in [-0.2, -0.15) is 0 Å². The largest absolute Gasteiger partial charge is 0.396 e. The molecule has 0 spiro atoms. The van der Waals surface area contributed by atoms with Crippen molar-refractivity contribution < 1.29 is 5.11 Å². The molecule has 0 bridgehead atoms. The lowest BCUT2D eigenvalue weighted by atomic mass is 9.96. The summed E-state index contributed by atoms with van der Waals surface area (Å²) in [4.78, 5) is 2.09. The molecule has 0 unspecified atom stereocenters. The third-order valence-electron chi connectivity index (χ3n) is 3.26. The van der Waals surface area contributed by atoms with Gasteiger partial charge in [-0.15, -0.1) is 0 Å². The Bertz CT molecular complexity index is 556. The quantitative estimate of drug-likeness (QED) is 0.895. The van der Waals surface area contributed by atoms with Crippen LogP contribution in [-0.2, 0) is 0 Å². The van der Waals surface area contributed by atoms with Crippen molar-refractivity contribution >= 4 is 11.3 Å². The number of rotatable bonds is 5. The second-order valence-corrected chi connectivity index (χ2v) is 4.94. The molecule has 0 amide bonds. The molecular formula is C18H21NO. The number of aliphatic hydroxyl groups excluding tert-OH is 1. The van der Waals surface area contributed by atoms with Gasteiger partial charge in [0.05, 0.1) is 0 Å². The summed E-state index contributed by atoms with van der Waals surface area (Å²) < 4.78 is 0. The van der Waals surface area contributed by atoms with Gasteiger partial charge in [-0.3, -0.25) is 0 Å². The molecule has 0 heterocycles. The van der Waals surface area contributed by atoms with Crippen LogP contribution in [0.4, 0.5) is 5.69 Å². The molecule has 2 nitrogen and oxygen atoms in total. The Balaban J connectivity index is 2.37. The summed E-state index contributed by atoms with van der Waals surface area (Å²) in [5.41, 5.74) is 4.71. The van der Waals surface area contributed by atoms with Gasteiger partial charge in [0, 0.05) is 26.4 Å². The van der Waals surface area contributed by atoms with Crippen molar-refractivity contribution in [1.29, 1.82) is 0 Å². The fourth-order valence-corrected chi connectivity index (χ4v) is 2.17. The molecule has 20 heavy (non-hydrogen) atoms. The minimum atomic E-state index is 0.173. The fourth-order valence-electron chi connectivity index (χ4n) is 2.17. The van der Waals surface area contributed by atoms with Crippen molar-refractivity contribution in [1.82, 2.24) is 0 Å². The molecule has 2 aromatic carbocycles. The summed E-state index contributed by atoms with van der Waals surface area (Å²) >= 11 is 0. The lowest BCUT2D eigenvalue weighted by molar-refractivity contribution is 0.303. The van der Waals surface area contributed by atoms with Crippen LogP contribution in [0, 0.1) is 0 Å². The van der Waals surface area contributed by atoms with Crippen LogP contribution < -0.4 is 4.90 Å². The number of aliphatic hydroxyl groups is 1. The van der Waals surface area contributed by atoms with Gasteiger partial charge in [0.1, 0.15) is 0 Å². The molecule has 2 rings (SSSR count). The highest BCUT2D eigenvalue weighted by Crippen LogP contribution is 2.25. The van der Waals surface area contributed by atoms with E-state index in [9.17, 15) is 0 Å². The zero-order valence-corrected chi connectivity index (χ0v) is 12.1. The highest BCUT2D eigenvalue weighted by atomic mass is 16.2. The van der Waals surface area contributed by atoms with E-state index in [1.807, 2.05) is 32.3 Å². The predicted octanol–water partition coefficient (Wildman–Crippen LogP) is 3.57. The number of hydrogen-bond donors (Lipinski definition) is 1. The van der Waals surface area contributed by atoms with Gasteiger partial charge in [-0.05, 0) is 35.3 Å². The highest BCUT2D eigenvalue weighted by molar-refractivity contribution is 5.80. The number of anilines is 1. The molecule has 0 aliphatic heterocycles. The SMILES string of the molecule is CN(C)c1ccc(/C(=C/CCO)c2ccccc2)cc1. The summed E-state index contributed by atoms with van der Waals surface area (Å²) in [6.45, 7) is 0.173. The van der Waals surface area contributed by atoms with Crippen molar-refractivity contribution in [3.8, 4) is 0 Å². The molecule has 0 fully saturated rings. The molecule has 0 saturated heterocycles. The monoisotopic (exact) mass is 267 g/mol. The maximum absolute atomic E-state index is 9.07. The average Bonchev–Trinajstić information content (AvgIpc) is 2.49. The summed E-state index contributed by atoms with van der Waals surface area (Å²) in [7, 11) is 4.07. The Morgan fingerprint density at radius 2 is 1.55 bits per heavy atom. The van der Waals surface area contributed by atoms with E-state index < -0.39 is 0 Å². The molecule has 0 saturated carbocycles. The van der Waals surface area contributed by atoms with E-state index in [-0.39, 0.29) is 6.61 Å². The van der Waals surface area contributed by atoms with Crippen molar-refractivity contribution in [2.45, 2.75) is 6.42 Å². The van der Waals surface area contributed by atoms with Gasteiger partial charge in [0.25, 0.3) is 0 Å². The molecular weight excluding hydrogens is 246 g/mol. The molecule has 0 radical (unpaired) electrons. The van der Waals surface area contributed by atoms with Gasteiger partial charge in [0.2, 0.25) is 0 Å². The molecule has 1 N–H and O–H groups in total. The maximum atomic E-state index is 9.07. The van der Waals surface area contributed by atoms with Crippen LogP contribution in [0.15, 0.2) is 60.7 Å². The molecule has 104 valence electrons. The van der Waals surface area contributed by atoms with Crippen LogP contribution >= 0.6 is 0 Å². The first-order chi connectivity index (χ1) is 9.72. The third kappa shape index (κ3) is 3.49. The predicted molar refractivity (Wildman–Crippen MR) is 86.0 cm³/mol. The smallest absolute Gasteiger partial charge is 0.0465 e. The van der Waals surface area contributed by atoms with Gasteiger partial charge >= 0.3 is 0 Å². The Morgan fingerprint density at radius 1 is 0.950 bits per heavy atom. The van der Waals surface area contributed by atoms with Crippen LogP contribution in [0.2, 0.25) is 0 Å². The molecule has 0 atom stereocenters. The van der Waals surface area contributed by atoms with Gasteiger partial charge in [-0.1, -0.05) is 48.5 Å². The zero-order valence-electron chi connectivity index (χ0n) is 12.1. The van der Waals surface area contributed by atoms with Gasteiger partial charge in [0.15, 0.2) is 0 Å². The lowest BCUT2D eigenvalue weighted by Gasteiger charge is -2.14. The Labute approximate surface area is 121 Å². The van der Waals surface area contributed by atoms with Crippen LogP contribution in [0.3, 0.4) is 0 Å². The summed E-state index contributed by atoms with van der Waals surface area (Å²) in [5.74, 6) is 0. The summed E-state index contributed by atoms with van der Waals surface area (Å²) in [6.07, 6.45) is 2.76. The van der Waals surface area contributed by atoms with E-state index in [1.165, 1.54) is 22.4 Å². The van der Waals surface area contributed by atoms with Crippen molar-refractivity contribution in [2.75, 3.05) is 25.6 Å². The molecule has 0 aliphatic rings. The molecule has 2 heteroatoms. The number of nitrogens with zero attached hydrogens (tertiary/aromatic N) is 1. The Kier molecular flexibility index (Phi) is 4.97. The molecule has 0 aromatic heterocycles. The summed E-state index contributed by atoms with van der Waals surface area (Å²) in [5, 5.41) is 9.07. The first-order valence-corrected chi connectivity index (χ1v) is 6.86. The van der Waals surface area contributed by atoms with Crippen molar-refractivity contribution in [3.63, 3.8) is 0 Å². The molecule has 0 aliphatic carbocycles. The minimum absolute atomic E-state index is 0.173. The number of hydrogen-bond acceptors (Lipinski definition) is 2. The van der Waals surface area contributed by atoms with E-state index in [4.69, 9.17) is 5.11 Å². The van der Waals surface area contributed by atoms with E-state index in [0.717, 1.165) is 0 Å². The van der Waals surface area contributed by atoms with E-state index in [0.29, 0.717) is 6.42 Å². The standard InChI is InChI=1S/C18H21NO/c1-19(2)17-12-10-16(11-13-17)18(9-6-14-20)15-7-4-3-5-8-15/h3-5,7-13,20H,6,14H2,1-2H3/b18-9+. The van der Waals surface area contributed by atoms with Gasteiger partial charge in [-0.25, -0.2) is 0 Å². The average molecular weight is 267 g/mol. The van der Waals surface area contributed by atoms with E-state index in [2.05, 4.69) is 47.4 Å². The first kappa shape index (κ1) is 14.4. The normalized spacial score (nSPS) is 11.4. The third-order valence-corrected chi connectivity index (χ3v) is 3.26. The Hall–Kier alpha value is -2.06.